The van der Waals surface area contributed by atoms with E-state index in [9.17, 15) is 5.11 Å². The normalized spacial score (nSPS) is 12.2. The molecule has 6 nitrogen and oxygen atoms in total. The molecule has 176 valence electrons. The number of benzene rings is 2. The minimum atomic E-state index is -0.581. The van der Waals surface area contributed by atoms with Gasteiger partial charge in [0.15, 0.2) is 0 Å². The third kappa shape index (κ3) is 7.02. The summed E-state index contributed by atoms with van der Waals surface area (Å²) in [6, 6.07) is 18.0. The highest BCUT2D eigenvalue weighted by molar-refractivity contribution is 5.43. The molecule has 0 saturated carbocycles. The molecule has 3 aromatic rings. The highest BCUT2D eigenvalue weighted by Crippen LogP contribution is 2.31. The number of nitrogens with zero attached hydrogens (tertiary/aromatic N) is 3. The molecule has 0 aliphatic heterocycles. The summed E-state index contributed by atoms with van der Waals surface area (Å²) in [5.74, 6) is 1.46. The van der Waals surface area contributed by atoms with E-state index >= 15 is 0 Å². The van der Waals surface area contributed by atoms with Crippen molar-refractivity contribution in [1.82, 2.24) is 14.7 Å². The van der Waals surface area contributed by atoms with Gasteiger partial charge in [0.2, 0.25) is 5.88 Å². The van der Waals surface area contributed by atoms with Crippen LogP contribution in [-0.4, -0.2) is 52.2 Å². The van der Waals surface area contributed by atoms with E-state index in [1.807, 2.05) is 66.2 Å². The molecule has 0 unspecified atom stereocenters. The number of hydrogen-bond acceptors (Lipinski definition) is 5. The molecule has 1 heterocycles. The summed E-state index contributed by atoms with van der Waals surface area (Å²) in [6.45, 7) is 12.5. The maximum absolute atomic E-state index is 10.5. The lowest BCUT2D eigenvalue weighted by Gasteiger charge is -2.25. The van der Waals surface area contributed by atoms with Crippen molar-refractivity contribution in [2.45, 2.75) is 39.8 Å². The van der Waals surface area contributed by atoms with E-state index in [2.05, 4.69) is 25.3 Å². The lowest BCUT2D eigenvalue weighted by molar-refractivity contribution is 0.0244. The van der Waals surface area contributed by atoms with Crippen LogP contribution >= 0.6 is 0 Å². The fraction of sp³-hybridized carbons (Fsp3) is 0.370. The Morgan fingerprint density at radius 1 is 1.12 bits per heavy atom. The number of aryl methyl sites for hydroxylation is 2. The average molecular weight is 450 g/mol. The highest BCUT2D eigenvalue weighted by Gasteiger charge is 2.22. The van der Waals surface area contributed by atoms with Crippen LogP contribution in [0.1, 0.15) is 30.2 Å². The predicted molar refractivity (Wildman–Crippen MR) is 132 cm³/mol. The van der Waals surface area contributed by atoms with E-state index in [4.69, 9.17) is 14.6 Å². The van der Waals surface area contributed by atoms with Gasteiger partial charge in [-0.2, -0.15) is 5.10 Å². The van der Waals surface area contributed by atoms with Crippen LogP contribution < -0.4 is 4.74 Å². The minimum Gasteiger partial charge on any atom is -0.439 e. The molecule has 0 aliphatic rings. The van der Waals surface area contributed by atoms with Crippen LogP contribution in [0.25, 0.3) is 5.69 Å². The lowest BCUT2D eigenvalue weighted by Crippen LogP contribution is -2.35. The molecule has 0 radical (unpaired) electrons. The number of rotatable bonds is 13. The van der Waals surface area contributed by atoms with Crippen LogP contribution in [0.3, 0.4) is 0 Å². The first-order valence-corrected chi connectivity index (χ1v) is 11.5. The van der Waals surface area contributed by atoms with E-state index in [0.29, 0.717) is 25.6 Å². The topological polar surface area (TPSA) is 59.8 Å². The van der Waals surface area contributed by atoms with Crippen LogP contribution in [0.2, 0.25) is 0 Å². The van der Waals surface area contributed by atoms with E-state index in [1.165, 1.54) is 5.56 Å². The number of aliphatic hydroxyl groups is 1. The molecule has 3 rings (SSSR count). The molecule has 1 N–H and O–H groups in total. The second-order valence-electron chi connectivity index (χ2n) is 8.25. The van der Waals surface area contributed by atoms with Crippen molar-refractivity contribution in [3.8, 4) is 17.3 Å². The van der Waals surface area contributed by atoms with E-state index in [1.54, 1.807) is 6.08 Å². The Morgan fingerprint density at radius 2 is 1.85 bits per heavy atom. The van der Waals surface area contributed by atoms with Crippen molar-refractivity contribution in [1.29, 1.82) is 0 Å². The molecular weight excluding hydrogens is 414 g/mol. The Hall–Kier alpha value is -2.93. The maximum Gasteiger partial charge on any atom is 0.227 e. The summed E-state index contributed by atoms with van der Waals surface area (Å²) < 4.78 is 13.7. The summed E-state index contributed by atoms with van der Waals surface area (Å²) in [7, 11) is 0. The highest BCUT2D eigenvalue weighted by atomic mass is 16.5. The third-order valence-electron chi connectivity index (χ3n) is 5.31. The lowest BCUT2D eigenvalue weighted by atomic mass is 10.2. The Balaban J connectivity index is 1.90. The van der Waals surface area contributed by atoms with Crippen LogP contribution in [0.15, 0.2) is 67.3 Å². The predicted octanol–water partition coefficient (Wildman–Crippen LogP) is 5.06. The Kier molecular flexibility index (Phi) is 9.24. The van der Waals surface area contributed by atoms with Gasteiger partial charge in [-0.15, -0.1) is 6.58 Å². The van der Waals surface area contributed by atoms with Crippen molar-refractivity contribution >= 4 is 0 Å². The first-order valence-electron chi connectivity index (χ1n) is 11.5. The first-order chi connectivity index (χ1) is 16.0. The van der Waals surface area contributed by atoms with Gasteiger partial charge in [0.25, 0.3) is 0 Å². The van der Waals surface area contributed by atoms with E-state index in [-0.39, 0.29) is 6.61 Å². The summed E-state index contributed by atoms with van der Waals surface area (Å²) in [4.78, 5) is 2.23. The molecule has 1 atom stereocenters. The molecule has 2 aromatic carbocycles. The molecule has 1 aromatic heterocycles. The third-order valence-corrected chi connectivity index (χ3v) is 5.31. The minimum absolute atomic E-state index is 0.279. The molecule has 6 heteroatoms. The van der Waals surface area contributed by atoms with Gasteiger partial charge >= 0.3 is 0 Å². The second kappa shape index (κ2) is 12.3. The molecule has 0 amide bonds. The van der Waals surface area contributed by atoms with E-state index in [0.717, 1.165) is 35.7 Å². The van der Waals surface area contributed by atoms with Gasteiger partial charge in [-0.05, 0) is 51.1 Å². The first kappa shape index (κ1) is 24.7. The largest absolute Gasteiger partial charge is 0.439 e. The van der Waals surface area contributed by atoms with Crippen LogP contribution in [0.4, 0.5) is 0 Å². The fourth-order valence-corrected chi connectivity index (χ4v) is 3.70. The van der Waals surface area contributed by atoms with Gasteiger partial charge in [0.1, 0.15) is 5.75 Å². The molecule has 0 aliphatic carbocycles. The summed E-state index contributed by atoms with van der Waals surface area (Å²) in [5, 5.41) is 15.3. The Morgan fingerprint density at radius 3 is 2.52 bits per heavy atom. The Labute approximate surface area is 197 Å². The molecule has 0 spiro atoms. The van der Waals surface area contributed by atoms with Gasteiger partial charge in [0, 0.05) is 13.1 Å². The van der Waals surface area contributed by atoms with Gasteiger partial charge in [0.05, 0.1) is 36.3 Å². The van der Waals surface area contributed by atoms with Gasteiger partial charge in [-0.3, -0.25) is 4.90 Å². The number of ether oxygens (including phenoxy) is 2. The molecule has 0 fully saturated rings. The summed E-state index contributed by atoms with van der Waals surface area (Å²) in [6.07, 6.45) is 2.08. The van der Waals surface area contributed by atoms with Crippen LogP contribution in [-0.2, 0) is 11.3 Å². The van der Waals surface area contributed by atoms with Crippen molar-refractivity contribution in [2.75, 3.05) is 26.3 Å². The zero-order valence-electron chi connectivity index (χ0n) is 19.9. The number of para-hydroxylation sites is 1. The van der Waals surface area contributed by atoms with Gasteiger partial charge in [-0.25, -0.2) is 4.68 Å². The standard InChI is InChI=1S/C27H35N3O3/c1-5-16-29(18-24(31)20-32-17-6-2)19-26-22(4)28-30(23-10-8-7-9-11-23)27(26)33-25-14-12-21(3)13-15-25/h6-15,24,31H,2,5,16-20H2,1,3-4H3/t24-/m0/s1. The molecule has 33 heavy (non-hydrogen) atoms. The maximum atomic E-state index is 10.5. The quantitative estimate of drug-likeness (QED) is 0.292. The molecule has 0 bridgehead atoms. The number of aromatic nitrogens is 2. The molecule has 0 saturated heterocycles. The smallest absolute Gasteiger partial charge is 0.227 e. The summed E-state index contributed by atoms with van der Waals surface area (Å²) in [5.41, 5.74) is 4.03. The van der Waals surface area contributed by atoms with Gasteiger partial charge < -0.3 is 14.6 Å². The van der Waals surface area contributed by atoms with Crippen molar-refractivity contribution in [2.24, 2.45) is 0 Å². The zero-order chi connectivity index (χ0) is 23.6. The number of aliphatic hydroxyl groups excluding tert-OH is 1. The van der Waals surface area contributed by atoms with Crippen molar-refractivity contribution < 1.29 is 14.6 Å². The Bertz CT molecular complexity index is 999. The van der Waals surface area contributed by atoms with Crippen molar-refractivity contribution in [3.05, 3.63) is 84.1 Å². The average Bonchev–Trinajstić information content (AvgIpc) is 3.11. The summed E-state index contributed by atoms with van der Waals surface area (Å²) >= 11 is 0. The molecular formula is C27H35N3O3. The van der Waals surface area contributed by atoms with Crippen molar-refractivity contribution in [3.63, 3.8) is 0 Å². The SMILES string of the molecule is C=CCOC[C@@H](O)CN(CCC)Cc1c(C)nn(-c2ccccc2)c1Oc1ccc(C)cc1. The fourth-order valence-electron chi connectivity index (χ4n) is 3.70. The number of hydrogen-bond donors (Lipinski definition) is 1. The van der Waals surface area contributed by atoms with Crippen LogP contribution in [0.5, 0.6) is 11.6 Å². The second-order valence-corrected chi connectivity index (χ2v) is 8.25. The van der Waals surface area contributed by atoms with E-state index < -0.39 is 6.10 Å². The van der Waals surface area contributed by atoms with Gasteiger partial charge in [-0.1, -0.05) is 48.9 Å². The zero-order valence-corrected chi connectivity index (χ0v) is 19.9. The monoisotopic (exact) mass is 449 g/mol. The van der Waals surface area contributed by atoms with Crippen LogP contribution in [0, 0.1) is 13.8 Å².